The van der Waals surface area contributed by atoms with Gasteiger partial charge in [0.05, 0.1) is 40.3 Å². The Morgan fingerprint density at radius 3 is 1.20 bits per heavy atom. The lowest BCUT2D eigenvalue weighted by Gasteiger charge is -2.34. The van der Waals surface area contributed by atoms with Crippen molar-refractivity contribution in [2.75, 3.05) is 41.0 Å². The molecule has 0 fully saturated rings. The number of carboxylic acids is 1. The third kappa shape index (κ3) is 45.0. The van der Waals surface area contributed by atoms with Gasteiger partial charge < -0.3 is 28.6 Å². The molecular formula is C57H93NO7. The van der Waals surface area contributed by atoms with Crippen LogP contribution in [-0.2, 0) is 28.6 Å². The predicted molar refractivity (Wildman–Crippen MR) is 272 cm³/mol. The van der Waals surface area contributed by atoms with Crippen LogP contribution in [0.4, 0.5) is 0 Å². The average Bonchev–Trinajstić information content (AvgIpc) is 3.27. The van der Waals surface area contributed by atoms with Crippen LogP contribution in [-0.4, -0.2) is 75.5 Å². The Morgan fingerprint density at radius 1 is 0.462 bits per heavy atom. The average molecular weight is 904 g/mol. The molecule has 0 radical (unpaired) electrons. The Balaban J connectivity index is 4.34. The monoisotopic (exact) mass is 904 g/mol. The summed E-state index contributed by atoms with van der Waals surface area (Å²) in [6.07, 6.45) is 64.0. The van der Waals surface area contributed by atoms with Crippen LogP contribution in [0, 0.1) is 0 Å². The molecule has 0 amide bonds. The summed E-state index contributed by atoms with van der Waals surface area (Å²) in [7, 11) is 5.39. The molecule has 0 spiro atoms. The van der Waals surface area contributed by atoms with E-state index in [1.807, 2.05) is 0 Å². The van der Waals surface area contributed by atoms with Gasteiger partial charge in [0, 0.05) is 19.3 Å². The number of quaternary nitrogens is 1. The summed E-state index contributed by atoms with van der Waals surface area (Å²) in [5.41, 5.74) is 0. The fourth-order valence-corrected chi connectivity index (χ4v) is 6.79. The van der Waals surface area contributed by atoms with Crippen LogP contribution < -0.4 is 5.11 Å². The van der Waals surface area contributed by atoms with E-state index < -0.39 is 18.1 Å². The number of unbranched alkanes of at least 4 members (excludes halogenated alkanes) is 12. The number of rotatable bonds is 44. The number of ether oxygens (including phenoxy) is 3. The van der Waals surface area contributed by atoms with Crippen LogP contribution in [0.2, 0.25) is 0 Å². The van der Waals surface area contributed by atoms with Crippen molar-refractivity contribution in [2.45, 2.75) is 193 Å². The highest BCUT2D eigenvalue weighted by molar-refractivity contribution is 5.70. The molecule has 0 heterocycles. The number of nitrogens with zero attached hydrogens (tertiary/aromatic N) is 1. The molecular weight excluding hydrogens is 811 g/mol. The molecule has 0 bridgehead atoms. The molecule has 0 aromatic carbocycles. The fourth-order valence-electron chi connectivity index (χ4n) is 6.79. The first-order chi connectivity index (χ1) is 31.6. The lowest BCUT2D eigenvalue weighted by atomic mass is 10.1. The Morgan fingerprint density at radius 2 is 0.815 bits per heavy atom. The lowest BCUT2D eigenvalue weighted by molar-refractivity contribution is -0.889. The van der Waals surface area contributed by atoms with Crippen molar-refractivity contribution in [1.29, 1.82) is 0 Å². The van der Waals surface area contributed by atoms with Gasteiger partial charge in [-0.25, -0.2) is 0 Å². The number of esters is 2. The summed E-state index contributed by atoms with van der Waals surface area (Å²) in [5, 5.41) is 11.7. The molecule has 2 unspecified atom stereocenters. The maximum atomic E-state index is 12.8. The summed E-state index contributed by atoms with van der Waals surface area (Å²) in [5.74, 6) is -1.78. The van der Waals surface area contributed by atoms with Gasteiger partial charge in [-0.15, -0.1) is 0 Å². The third-order valence-corrected chi connectivity index (χ3v) is 10.7. The molecule has 65 heavy (non-hydrogen) atoms. The molecule has 0 aliphatic carbocycles. The molecule has 368 valence electrons. The fraction of sp³-hybridized carbons (Fsp3) is 0.632. The van der Waals surface area contributed by atoms with Gasteiger partial charge in [-0.05, 0) is 96.3 Å². The minimum atomic E-state index is -1.13. The molecule has 0 aliphatic heterocycles. The van der Waals surface area contributed by atoms with Crippen molar-refractivity contribution in [3.63, 3.8) is 0 Å². The van der Waals surface area contributed by atoms with Crippen LogP contribution in [0.25, 0.3) is 0 Å². The quantitative estimate of drug-likeness (QED) is 0.0260. The largest absolute Gasteiger partial charge is 0.544 e. The van der Waals surface area contributed by atoms with Crippen LogP contribution in [0.5, 0.6) is 0 Å². The predicted octanol–water partition coefficient (Wildman–Crippen LogP) is 13.5. The maximum Gasteiger partial charge on any atom is 0.306 e. The molecule has 2 atom stereocenters. The molecule has 0 aromatic heterocycles. The lowest BCUT2D eigenvalue weighted by Crippen LogP contribution is -2.55. The smallest absolute Gasteiger partial charge is 0.306 e. The number of hydrogen-bond acceptors (Lipinski definition) is 7. The Bertz CT molecular complexity index is 1420. The topological polar surface area (TPSA) is 102 Å². The first-order valence-electron chi connectivity index (χ1n) is 25.4. The van der Waals surface area contributed by atoms with Gasteiger partial charge in [-0.3, -0.25) is 9.59 Å². The van der Waals surface area contributed by atoms with Crippen molar-refractivity contribution >= 4 is 17.9 Å². The number of carboxylic acid groups (broad SMARTS) is 1. The van der Waals surface area contributed by atoms with Crippen LogP contribution in [0.1, 0.15) is 181 Å². The standard InChI is InChI=1S/C57H93NO7/c1-6-8-10-12-14-16-18-20-22-24-26-27-28-30-31-33-35-37-39-41-43-45-47-55(59)64-52-53(51-63-50-49-54(57(61)62)58(3,4)5)65-56(60)48-46-44-42-40-38-36-34-32-29-25-23-21-19-17-15-13-11-9-7-2/h8-11,14-17,20-23,26-27,29-32,53-54H,6-7,12-13,18-19,24-25,28,33-52H2,1-5H3/b10-8+,11-9+,16-14+,17-15+,22-20+,23-21+,27-26+,31-30+,32-29+. The second-order valence-corrected chi connectivity index (χ2v) is 17.6. The summed E-state index contributed by atoms with van der Waals surface area (Å²) in [6, 6.07) is -0.738. The van der Waals surface area contributed by atoms with Gasteiger partial charge in [0.15, 0.2) is 6.10 Å². The van der Waals surface area contributed by atoms with E-state index in [2.05, 4.69) is 123 Å². The number of carbonyl (C=O) groups excluding carboxylic acids is 3. The van der Waals surface area contributed by atoms with Crippen molar-refractivity contribution in [3.05, 3.63) is 109 Å². The van der Waals surface area contributed by atoms with Gasteiger partial charge >= 0.3 is 11.9 Å². The summed E-state index contributed by atoms with van der Waals surface area (Å²) >= 11 is 0. The molecule has 0 rings (SSSR count). The van der Waals surface area contributed by atoms with E-state index >= 15 is 0 Å². The highest BCUT2D eigenvalue weighted by Gasteiger charge is 2.25. The Hall–Kier alpha value is -4.01. The minimum Gasteiger partial charge on any atom is -0.544 e. The third-order valence-electron chi connectivity index (χ3n) is 10.7. The first kappa shape index (κ1) is 61.0. The van der Waals surface area contributed by atoms with E-state index in [1.54, 1.807) is 21.1 Å². The Kier molecular flexibility index (Phi) is 43.6. The van der Waals surface area contributed by atoms with E-state index in [9.17, 15) is 19.5 Å². The van der Waals surface area contributed by atoms with E-state index in [1.165, 1.54) is 25.7 Å². The van der Waals surface area contributed by atoms with Gasteiger partial charge in [0.1, 0.15) is 12.6 Å². The molecule has 8 heteroatoms. The van der Waals surface area contributed by atoms with Crippen LogP contribution in [0.3, 0.4) is 0 Å². The second kappa shape index (κ2) is 46.5. The Labute approximate surface area is 398 Å². The first-order valence-corrected chi connectivity index (χ1v) is 25.4. The van der Waals surface area contributed by atoms with Crippen molar-refractivity contribution in [1.82, 2.24) is 0 Å². The maximum absolute atomic E-state index is 12.8. The molecule has 0 aromatic rings. The SMILES string of the molecule is CC/C=C/C/C=C/C/C=C/C/C=C/C/C=C/CCCCCCCCC(=O)OCC(COCCC(C(=O)[O-])[N+](C)(C)C)OC(=O)CCCCCCCC/C=C/C/C=C/C/C=C/C/C=C/CC. The van der Waals surface area contributed by atoms with Crippen LogP contribution >= 0.6 is 0 Å². The molecule has 0 N–H and O–H groups in total. The van der Waals surface area contributed by atoms with Gasteiger partial charge in [0.25, 0.3) is 0 Å². The number of allylic oxidation sites excluding steroid dienone is 18. The van der Waals surface area contributed by atoms with Crippen molar-refractivity contribution < 1.29 is 38.2 Å². The number of carbonyl (C=O) groups is 3. The number of hydrogen-bond donors (Lipinski definition) is 0. The zero-order valence-corrected chi connectivity index (χ0v) is 41.9. The van der Waals surface area contributed by atoms with Gasteiger partial charge in [0.2, 0.25) is 0 Å². The molecule has 0 saturated heterocycles. The zero-order valence-electron chi connectivity index (χ0n) is 41.9. The molecule has 0 saturated carbocycles. The number of likely N-dealkylation sites (N-methyl/N-ethyl adjacent to an activating group) is 1. The summed E-state index contributed by atoms with van der Waals surface area (Å²) in [6.45, 7) is 4.39. The van der Waals surface area contributed by atoms with Gasteiger partial charge in [-0.1, -0.05) is 175 Å². The highest BCUT2D eigenvalue weighted by Crippen LogP contribution is 2.13. The van der Waals surface area contributed by atoms with Crippen molar-refractivity contribution in [2.24, 2.45) is 0 Å². The molecule has 8 nitrogen and oxygen atoms in total. The molecule has 0 aliphatic rings. The van der Waals surface area contributed by atoms with Crippen molar-refractivity contribution in [3.8, 4) is 0 Å². The summed E-state index contributed by atoms with van der Waals surface area (Å²) in [4.78, 5) is 37.1. The minimum absolute atomic E-state index is 0.0226. The van der Waals surface area contributed by atoms with Crippen LogP contribution in [0.15, 0.2) is 109 Å². The van der Waals surface area contributed by atoms with E-state index in [4.69, 9.17) is 14.2 Å². The summed E-state index contributed by atoms with van der Waals surface area (Å²) < 4.78 is 17.2. The zero-order chi connectivity index (χ0) is 47.7. The van der Waals surface area contributed by atoms with E-state index in [-0.39, 0.29) is 42.7 Å². The second-order valence-electron chi connectivity index (χ2n) is 17.6. The normalized spacial score (nSPS) is 13.8. The highest BCUT2D eigenvalue weighted by atomic mass is 16.6. The van der Waals surface area contributed by atoms with E-state index in [0.717, 1.165) is 122 Å². The van der Waals surface area contributed by atoms with E-state index in [0.29, 0.717) is 12.8 Å². The van der Waals surface area contributed by atoms with Gasteiger partial charge in [-0.2, -0.15) is 0 Å². The number of aliphatic carboxylic acids is 1.